The Morgan fingerprint density at radius 2 is 1.83 bits per heavy atom. The lowest BCUT2D eigenvalue weighted by Crippen LogP contribution is -2.52. The highest BCUT2D eigenvalue weighted by molar-refractivity contribution is 6.01. The van der Waals surface area contributed by atoms with Crippen LogP contribution in [0.25, 0.3) is 22.8 Å². The van der Waals surface area contributed by atoms with Gasteiger partial charge in [-0.05, 0) is 93.0 Å². The molecular weight excluding hydrogens is 848 g/mol. The second kappa shape index (κ2) is 18.4. The number of benzene rings is 2. The molecule has 2 aliphatic heterocycles. The molecule has 65 heavy (non-hydrogen) atoms. The molecule has 3 atom stereocenters. The van der Waals surface area contributed by atoms with Crippen LogP contribution >= 0.6 is 0 Å². The highest BCUT2D eigenvalue weighted by Gasteiger charge is 2.47. The van der Waals surface area contributed by atoms with Crippen LogP contribution in [0, 0.1) is 28.4 Å². The molecule has 3 aliphatic rings. The summed E-state index contributed by atoms with van der Waals surface area (Å²) in [7, 11) is 0. The van der Waals surface area contributed by atoms with Crippen LogP contribution in [0.4, 0.5) is 36.2 Å². The summed E-state index contributed by atoms with van der Waals surface area (Å²) in [5, 5.41) is 22.9. The number of nitro benzene ring substituents is 1. The van der Waals surface area contributed by atoms with Crippen LogP contribution in [-0.4, -0.2) is 103 Å². The number of alkyl halides is 3. The normalized spacial score (nSPS) is 18.0. The van der Waals surface area contributed by atoms with Gasteiger partial charge in [0.05, 0.1) is 30.0 Å². The van der Waals surface area contributed by atoms with Crippen LogP contribution in [0.5, 0.6) is 5.75 Å². The van der Waals surface area contributed by atoms with Crippen molar-refractivity contribution in [2.75, 3.05) is 54.9 Å². The summed E-state index contributed by atoms with van der Waals surface area (Å²) < 4.78 is 50.5. The summed E-state index contributed by atoms with van der Waals surface area (Å²) in [4.78, 5) is 59.5. The lowest BCUT2D eigenvalue weighted by molar-refractivity contribution is -0.384. The monoisotopic (exact) mass is 897 g/mol. The van der Waals surface area contributed by atoms with Gasteiger partial charge in [0.2, 0.25) is 5.91 Å². The molecule has 2 aromatic carbocycles. The molecule has 2 N–H and O–H groups in total. The van der Waals surface area contributed by atoms with Gasteiger partial charge in [-0.25, -0.2) is 19.9 Å². The number of hydrogen-bond acceptors (Lipinski definition) is 13. The van der Waals surface area contributed by atoms with E-state index in [1.54, 1.807) is 39.1 Å². The average molecular weight is 898 g/mol. The van der Waals surface area contributed by atoms with Gasteiger partial charge in [0, 0.05) is 78.9 Å². The van der Waals surface area contributed by atoms with Crippen molar-refractivity contribution < 1.29 is 37.2 Å². The van der Waals surface area contributed by atoms with Gasteiger partial charge in [-0.1, -0.05) is 20.3 Å². The van der Waals surface area contributed by atoms with Gasteiger partial charge >= 0.3 is 6.36 Å². The lowest BCUT2D eigenvalue weighted by atomic mass is 9.69. The predicted octanol–water partition coefficient (Wildman–Crippen LogP) is 7.64. The maximum atomic E-state index is 14.1. The van der Waals surface area contributed by atoms with Gasteiger partial charge in [0.15, 0.2) is 17.5 Å². The van der Waals surface area contributed by atoms with E-state index in [0.29, 0.717) is 67.2 Å². The fourth-order valence-corrected chi connectivity index (χ4v) is 9.35. The third-order valence-corrected chi connectivity index (χ3v) is 12.4. The zero-order valence-corrected chi connectivity index (χ0v) is 36.5. The molecule has 8 rings (SSSR count). The first kappa shape index (κ1) is 44.9. The number of aromatic nitrogens is 6. The number of pyridine rings is 1. The van der Waals surface area contributed by atoms with Crippen molar-refractivity contribution in [2.24, 2.45) is 11.3 Å². The van der Waals surface area contributed by atoms with Crippen molar-refractivity contribution in [2.45, 2.75) is 78.2 Å². The maximum absolute atomic E-state index is 14.1. The van der Waals surface area contributed by atoms with Crippen LogP contribution in [0.1, 0.15) is 74.0 Å². The molecule has 0 bridgehead atoms. The average Bonchev–Trinajstić information content (AvgIpc) is 3.97. The molecule has 5 heterocycles. The van der Waals surface area contributed by atoms with Crippen molar-refractivity contribution in [1.82, 2.24) is 34.6 Å². The summed E-state index contributed by atoms with van der Waals surface area (Å²) in [5.41, 5.74) is 4.17. The van der Waals surface area contributed by atoms with E-state index < -0.39 is 17.5 Å². The molecule has 0 spiro atoms. The van der Waals surface area contributed by atoms with Gasteiger partial charge in [-0.15, -0.1) is 18.3 Å². The van der Waals surface area contributed by atoms with E-state index in [2.05, 4.69) is 44.3 Å². The number of carbonyl (C=O) groups is 2. The Morgan fingerprint density at radius 3 is 2.57 bits per heavy atom. The van der Waals surface area contributed by atoms with Crippen LogP contribution in [0.3, 0.4) is 0 Å². The molecular formula is C45H50F3N11O6. The number of amides is 2. The molecule has 5 aromatic rings. The first-order valence-corrected chi connectivity index (χ1v) is 21.7. The van der Waals surface area contributed by atoms with Gasteiger partial charge in [0.25, 0.3) is 11.6 Å². The van der Waals surface area contributed by atoms with E-state index in [0.717, 1.165) is 48.2 Å². The fraction of sp³-hybridized carbons (Fsp3) is 0.444. The maximum Gasteiger partial charge on any atom is 0.573 e. The molecule has 0 radical (unpaired) electrons. The molecule has 342 valence electrons. The quantitative estimate of drug-likeness (QED) is 0.0558. The number of non-ortho nitro benzene ring substituents is 1. The molecule has 0 saturated heterocycles. The number of rotatable bonds is 16. The van der Waals surface area contributed by atoms with Crippen molar-refractivity contribution >= 4 is 34.8 Å². The van der Waals surface area contributed by atoms with Crippen molar-refractivity contribution in [1.29, 1.82) is 0 Å². The lowest BCUT2D eigenvalue weighted by Gasteiger charge is -2.47. The van der Waals surface area contributed by atoms with Gasteiger partial charge in [-0.3, -0.25) is 29.3 Å². The number of nitrogens with zero attached hydrogens (tertiary/aromatic N) is 9. The van der Waals surface area contributed by atoms with Crippen LogP contribution in [-0.2, 0) is 16.1 Å². The summed E-state index contributed by atoms with van der Waals surface area (Å²) in [6.45, 7) is 10.1. The number of nitro groups is 1. The highest BCUT2D eigenvalue weighted by Crippen LogP contribution is 2.52. The SMILES string of the molecule is CCN1C(=O)CNc2ncc(-c3ccc(-c4ncn(CCCOCCN(CC(C)(C)C5Nc6ccc([N+](=O)[O-])cc6C6CCCC65)C(=O)c5ccc(OC(F)(F)F)cc5)n4)nc3C)nc21. The minimum atomic E-state index is -4.87. The second-order valence-corrected chi connectivity index (χ2v) is 17.2. The van der Waals surface area contributed by atoms with E-state index in [1.807, 2.05) is 26.0 Å². The van der Waals surface area contributed by atoms with Crippen LogP contribution in [0.2, 0.25) is 0 Å². The largest absolute Gasteiger partial charge is 0.573 e. The third kappa shape index (κ3) is 9.86. The number of carbonyl (C=O) groups excluding carboxylic acids is 2. The first-order chi connectivity index (χ1) is 31.1. The minimum Gasteiger partial charge on any atom is -0.406 e. The van der Waals surface area contributed by atoms with Crippen LogP contribution < -0.4 is 20.3 Å². The Labute approximate surface area is 372 Å². The van der Waals surface area contributed by atoms with E-state index in [1.165, 1.54) is 18.2 Å². The number of likely N-dealkylation sites (N-methyl/N-ethyl adjacent to an activating group) is 1. The van der Waals surface area contributed by atoms with E-state index >= 15 is 0 Å². The van der Waals surface area contributed by atoms with Crippen LogP contribution in [0.15, 0.2) is 67.1 Å². The molecule has 20 heteroatoms. The summed E-state index contributed by atoms with van der Waals surface area (Å²) in [6, 6.07) is 13.4. The molecule has 3 aromatic heterocycles. The van der Waals surface area contributed by atoms with Gasteiger partial charge in [-0.2, -0.15) is 0 Å². The summed E-state index contributed by atoms with van der Waals surface area (Å²) in [6.07, 6.45) is 1.80. The standard InChI is InChI=1S/C45H50F3N11O6/c1-5-58-38(60)24-50-41-42(58)54-37(23-49-41)31-15-17-36(52-27(31)2)40-51-26-57(55-40)18-7-20-64-21-19-56(43(61)28-10-13-30(14-11-28)65-45(46,47)48)25-44(3,4)39-33-9-6-8-32(33)34-22-29(59(62)63)12-16-35(34)53-39/h10-17,22-23,26,32-33,39,53H,5-9,18-21,24-25H2,1-4H3,(H,49,50). The molecule has 1 aliphatic carbocycles. The first-order valence-electron chi connectivity index (χ1n) is 21.7. The number of fused-ring (bicyclic) bond motifs is 4. The van der Waals surface area contributed by atoms with Crippen molar-refractivity contribution in [3.05, 3.63) is 94.1 Å². The molecule has 1 fully saturated rings. The highest BCUT2D eigenvalue weighted by atomic mass is 19.4. The smallest absolute Gasteiger partial charge is 0.406 e. The number of halogens is 3. The number of anilines is 3. The molecule has 2 amide bonds. The minimum absolute atomic E-state index is 0.0548. The third-order valence-electron chi connectivity index (χ3n) is 12.4. The topological polar surface area (TPSA) is 196 Å². The molecule has 17 nitrogen and oxygen atoms in total. The van der Waals surface area contributed by atoms with E-state index in [4.69, 9.17) is 14.7 Å². The second-order valence-electron chi connectivity index (χ2n) is 17.2. The number of nitrogens with one attached hydrogen (secondary N) is 2. The number of hydrogen-bond donors (Lipinski definition) is 2. The Balaban J connectivity index is 0.897. The Hall–Kier alpha value is -6.70. The Kier molecular flexibility index (Phi) is 12.7. The van der Waals surface area contributed by atoms with Crippen molar-refractivity contribution in [3.63, 3.8) is 0 Å². The molecule has 1 saturated carbocycles. The summed E-state index contributed by atoms with van der Waals surface area (Å²) in [5.74, 6) is 0.924. The zero-order valence-electron chi connectivity index (χ0n) is 36.5. The van der Waals surface area contributed by atoms with Gasteiger partial charge < -0.3 is 25.0 Å². The number of aryl methyl sites for hydroxylation is 2. The van der Waals surface area contributed by atoms with Gasteiger partial charge in [0.1, 0.15) is 17.8 Å². The van der Waals surface area contributed by atoms with Crippen molar-refractivity contribution in [3.8, 4) is 28.5 Å². The van der Waals surface area contributed by atoms with E-state index in [9.17, 15) is 32.9 Å². The van der Waals surface area contributed by atoms with E-state index in [-0.39, 0.29) is 65.6 Å². The fourth-order valence-electron chi connectivity index (χ4n) is 9.35. The Bertz CT molecular complexity index is 2570. The molecule has 3 unspecified atom stereocenters. The summed E-state index contributed by atoms with van der Waals surface area (Å²) >= 11 is 0. The number of ether oxygens (including phenoxy) is 2. The predicted molar refractivity (Wildman–Crippen MR) is 234 cm³/mol. The Morgan fingerprint density at radius 1 is 1.03 bits per heavy atom. The zero-order chi connectivity index (χ0) is 46.0.